The average Bonchev–Trinajstić information content (AvgIpc) is 3.44. The van der Waals surface area contributed by atoms with Crippen molar-refractivity contribution in [3.05, 3.63) is 155 Å². The van der Waals surface area contributed by atoms with Gasteiger partial charge in [0.1, 0.15) is 0 Å². The second-order valence-corrected chi connectivity index (χ2v) is 13.4. The van der Waals surface area contributed by atoms with E-state index in [1.165, 1.54) is 64.6 Å². The minimum Gasteiger partial charge on any atom is -0.356 e. The van der Waals surface area contributed by atoms with Gasteiger partial charge in [-0.15, -0.1) is 0 Å². The van der Waals surface area contributed by atoms with E-state index in [0.717, 1.165) is 29.1 Å². The minimum absolute atomic E-state index is 0.307. The highest BCUT2D eigenvalue weighted by atomic mass is 14.9. The van der Waals surface area contributed by atoms with E-state index in [-0.39, 0.29) is 5.41 Å². The first-order chi connectivity index (χ1) is 20.6. The van der Waals surface area contributed by atoms with Crippen LogP contribution in [0.5, 0.6) is 0 Å². The van der Waals surface area contributed by atoms with Gasteiger partial charge in [-0.2, -0.15) is 0 Å². The lowest BCUT2D eigenvalue weighted by Crippen LogP contribution is -2.35. The molecule has 2 unspecified atom stereocenters. The number of benzene rings is 5. The van der Waals surface area contributed by atoms with Gasteiger partial charge >= 0.3 is 0 Å². The summed E-state index contributed by atoms with van der Waals surface area (Å²) >= 11 is 0. The van der Waals surface area contributed by atoms with Crippen LogP contribution in [0, 0.1) is 17.8 Å². The Labute approximate surface area is 250 Å². The van der Waals surface area contributed by atoms with Gasteiger partial charge < -0.3 is 5.32 Å². The van der Waals surface area contributed by atoms with Crippen LogP contribution in [-0.2, 0) is 10.8 Å². The van der Waals surface area contributed by atoms with Crippen molar-refractivity contribution in [2.75, 3.05) is 5.32 Å². The van der Waals surface area contributed by atoms with Crippen molar-refractivity contribution in [1.82, 2.24) is 0 Å². The number of fused-ring (bicyclic) bond motifs is 5. The van der Waals surface area contributed by atoms with Crippen molar-refractivity contribution in [3.63, 3.8) is 0 Å². The minimum atomic E-state index is -0.373. The van der Waals surface area contributed by atoms with Crippen LogP contribution in [0.4, 0.5) is 11.4 Å². The van der Waals surface area contributed by atoms with E-state index in [4.69, 9.17) is 0 Å². The molecule has 8 rings (SSSR count). The Morgan fingerprint density at radius 3 is 1.74 bits per heavy atom. The van der Waals surface area contributed by atoms with Crippen molar-refractivity contribution in [3.8, 4) is 11.1 Å². The molecular formula is C41H39N. The third-order valence-corrected chi connectivity index (χ3v) is 11.1. The quantitative estimate of drug-likeness (QED) is 0.227. The SMILES string of the molecule is CC1C2CCC1CC(C)(c1ccc(Nc3ccc4c(c3)C(c3ccccc3)(c3ccccc3)c3ccccc3-4)cc1)C2. The zero-order chi connectivity index (χ0) is 28.3. The standard InChI is InChI=1S/C41H39N/c1-28-29-17-18-30(28)27-40(2,26-29)31-19-21-34(22-20-31)42-35-23-24-37-36-15-9-10-16-38(36)41(39(37)25-35,32-11-5-3-6-12-32)33-13-7-4-8-14-33/h3-16,19-25,28-30,42H,17-18,26-27H2,1-2H3. The Morgan fingerprint density at radius 2 is 1.10 bits per heavy atom. The van der Waals surface area contributed by atoms with Crippen molar-refractivity contribution in [2.24, 2.45) is 17.8 Å². The summed E-state index contributed by atoms with van der Waals surface area (Å²) in [6.07, 6.45) is 5.53. The molecule has 0 amide bonds. The molecule has 208 valence electrons. The van der Waals surface area contributed by atoms with Crippen LogP contribution in [-0.4, -0.2) is 0 Å². The molecule has 2 atom stereocenters. The highest BCUT2D eigenvalue weighted by Gasteiger charge is 2.47. The van der Waals surface area contributed by atoms with Gasteiger partial charge in [-0.3, -0.25) is 0 Å². The van der Waals surface area contributed by atoms with Gasteiger partial charge in [0.25, 0.3) is 0 Å². The van der Waals surface area contributed by atoms with Gasteiger partial charge in [0.15, 0.2) is 0 Å². The van der Waals surface area contributed by atoms with Crippen LogP contribution in [0.1, 0.15) is 67.3 Å². The summed E-state index contributed by atoms with van der Waals surface area (Å²) in [6.45, 7) is 5.01. The van der Waals surface area contributed by atoms with Crippen molar-refractivity contribution in [2.45, 2.75) is 50.4 Å². The molecule has 0 aromatic heterocycles. The average molecular weight is 546 g/mol. The van der Waals surface area contributed by atoms with Crippen LogP contribution < -0.4 is 5.32 Å². The fourth-order valence-electron chi connectivity index (χ4n) is 9.04. The van der Waals surface area contributed by atoms with Crippen LogP contribution in [0.3, 0.4) is 0 Å². The number of rotatable bonds is 5. The molecule has 1 nitrogen and oxygen atoms in total. The summed E-state index contributed by atoms with van der Waals surface area (Å²) in [4.78, 5) is 0. The maximum absolute atomic E-state index is 3.78. The van der Waals surface area contributed by atoms with Gasteiger partial charge in [-0.1, -0.05) is 117 Å². The summed E-state index contributed by atoms with van der Waals surface area (Å²) in [7, 11) is 0. The van der Waals surface area contributed by atoms with Crippen molar-refractivity contribution < 1.29 is 0 Å². The van der Waals surface area contributed by atoms with E-state index in [1.807, 2.05) is 0 Å². The lowest BCUT2D eigenvalue weighted by molar-refractivity contribution is 0.162. The predicted molar refractivity (Wildman–Crippen MR) is 175 cm³/mol. The fourth-order valence-corrected chi connectivity index (χ4v) is 9.04. The third-order valence-electron chi connectivity index (χ3n) is 11.1. The lowest BCUT2D eigenvalue weighted by atomic mass is 9.63. The smallest absolute Gasteiger partial charge is 0.0714 e. The molecule has 5 aromatic rings. The first kappa shape index (κ1) is 25.6. The van der Waals surface area contributed by atoms with Gasteiger partial charge in [-0.25, -0.2) is 0 Å². The van der Waals surface area contributed by atoms with E-state index < -0.39 is 0 Å². The van der Waals surface area contributed by atoms with Crippen LogP contribution in [0.15, 0.2) is 127 Å². The first-order valence-electron chi connectivity index (χ1n) is 15.8. The van der Waals surface area contributed by atoms with Gasteiger partial charge in [0.2, 0.25) is 0 Å². The molecule has 3 aliphatic rings. The van der Waals surface area contributed by atoms with Crippen molar-refractivity contribution in [1.29, 1.82) is 0 Å². The molecule has 0 heterocycles. The summed E-state index contributed by atoms with van der Waals surface area (Å²) in [5.74, 6) is 2.71. The summed E-state index contributed by atoms with van der Waals surface area (Å²) in [5, 5.41) is 3.78. The second-order valence-electron chi connectivity index (χ2n) is 13.4. The number of hydrogen-bond donors (Lipinski definition) is 1. The molecule has 0 spiro atoms. The van der Waals surface area contributed by atoms with Crippen molar-refractivity contribution >= 4 is 11.4 Å². The number of anilines is 2. The summed E-state index contributed by atoms with van der Waals surface area (Å²) < 4.78 is 0. The zero-order valence-corrected chi connectivity index (χ0v) is 24.7. The van der Waals surface area contributed by atoms with E-state index in [0.29, 0.717) is 5.41 Å². The van der Waals surface area contributed by atoms with E-state index in [2.05, 4.69) is 147 Å². The first-order valence-corrected chi connectivity index (χ1v) is 15.8. The Hall–Kier alpha value is -4.10. The molecule has 1 N–H and O–H groups in total. The molecule has 0 radical (unpaired) electrons. The molecule has 0 saturated heterocycles. The molecule has 2 saturated carbocycles. The summed E-state index contributed by atoms with van der Waals surface area (Å²) in [5.41, 5.74) is 11.6. The predicted octanol–water partition coefficient (Wildman–Crippen LogP) is 10.5. The summed E-state index contributed by atoms with van der Waals surface area (Å²) in [6, 6.07) is 47.3. The molecule has 2 bridgehead atoms. The Kier molecular flexibility index (Phi) is 5.93. The zero-order valence-electron chi connectivity index (χ0n) is 24.7. The highest BCUT2D eigenvalue weighted by Crippen LogP contribution is 2.57. The number of hydrogen-bond acceptors (Lipinski definition) is 1. The Balaban J connectivity index is 1.18. The second kappa shape index (κ2) is 9.73. The monoisotopic (exact) mass is 545 g/mol. The third kappa shape index (κ3) is 3.83. The molecule has 3 aliphatic carbocycles. The van der Waals surface area contributed by atoms with E-state index >= 15 is 0 Å². The van der Waals surface area contributed by atoms with Gasteiger partial charge in [-0.05, 0) is 112 Å². The van der Waals surface area contributed by atoms with Gasteiger partial charge in [0, 0.05) is 11.4 Å². The lowest BCUT2D eigenvalue weighted by Gasteiger charge is -2.42. The maximum atomic E-state index is 3.78. The molecule has 42 heavy (non-hydrogen) atoms. The Morgan fingerprint density at radius 1 is 0.548 bits per heavy atom. The molecule has 5 aromatic carbocycles. The van der Waals surface area contributed by atoms with Crippen LogP contribution in [0.2, 0.25) is 0 Å². The van der Waals surface area contributed by atoms with Gasteiger partial charge in [0.05, 0.1) is 5.41 Å². The van der Waals surface area contributed by atoms with E-state index in [9.17, 15) is 0 Å². The van der Waals surface area contributed by atoms with E-state index in [1.54, 1.807) is 0 Å². The topological polar surface area (TPSA) is 12.0 Å². The normalized spacial score (nSPS) is 25.0. The largest absolute Gasteiger partial charge is 0.356 e. The van der Waals surface area contributed by atoms with Crippen LogP contribution in [0.25, 0.3) is 11.1 Å². The molecule has 0 aliphatic heterocycles. The van der Waals surface area contributed by atoms with Crippen LogP contribution >= 0.6 is 0 Å². The fraction of sp³-hybridized carbons (Fsp3) is 0.268. The number of nitrogens with one attached hydrogen (secondary N) is 1. The molecule has 1 heteroatoms. The highest BCUT2D eigenvalue weighted by molar-refractivity contribution is 5.88. The Bertz CT molecular complexity index is 1680. The molecule has 2 fully saturated rings. The molecular weight excluding hydrogens is 506 g/mol. The maximum Gasteiger partial charge on any atom is 0.0714 e.